The van der Waals surface area contributed by atoms with E-state index in [-0.39, 0.29) is 12.4 Å². The molecule has 0 unspecified atom stereocenters. The van der Waals surface area contributed by atoms with Crippen LogP contribution in [0.2, 0.25) is 5.02 Å². The van der Waals surface area contributed by atoms with E-state index in [1.165, 1.54) is 7.05 Å². The number of carbonyl (C=O) groups is 1. The minimum absolute atomic E-state index is 0. The molecule has 1 aromatic rings. The quantitative estimate of drug-likeness (QED) is 0.639. The maximum absolute atomic E-state index is 11.0. The topological polar surface area (TPSA) is 42.8 Å². The van der Waals surface area contributed by atoms with E-state index in [0.29, 0.717) is 10.8 Å². The first-order chi connectivity index (χ1) is 7.04. The third-order valence-corrected chi connectivity index (χ3v) is 2.23. The lowest BCUT2D eigenvalue weighted by Crippen LogP contribution is -3.00. The molecule has 0 saturated carbocycles. The largest absolute Gasteiger partial charge is 1.00 e. The van der Waals surface area contributed by atoms with Gasteiger partial charge in [-0.1, -0.05) is 11.6 Å². The second-order valence-corrected chi connectivity index (χ2v) is 3.69. The lowest BCUT2D eigenvalue weighted by Gasteiger charge is -2.10. The fraction of sp³-hybridized carbons (Fsp3) is 0.300. The second kappa shape index (κ2) is 6.58. The van der Waals surface area contributed by atoms with Gasteiger partial charge in [-0.3, -0.25) is 0 Å². The van der Waals surface area contributed by atoms with Crippen LogP contribution >= 0.6 is 11.6 Å². The summed E-state index contributed by atoms with van der Waals surface area (Å²) in [6.45, 7) is 0. The van der Waals surface area contributed by atoms with Crippen LogP contribution in [0.4, 0.5) is 10.5 Å². The Kier molecular flexibility index (Phi) is 6.18. The van der Waals surface area contributed by atoms with Gasteiger partial charge in [0.1, 0.15) is 5.69 Å². The van der Waals surface area contributed by atoms with E-state index in [1.54, 1.807) is 12.1 Å². The van der Waals surface area contributed by atoms with Gasteiger partial charge in [0.2, 0.25) is 0 Å². The molecular formula is C10H14Cl2N2O2. The number of hydrogen-bond donors (Lipinski definition) is 2. The molecule has 16 heavy (non-hydrogen) atoms. The molecule has 0 aliphatic rings. The highest BCUT2D eigenvalue weighted by Gasteiger charge is 2.10. The molecular weight excluding hydrogens is 251 g/mol. The van der Waals surface area contributed by atoms with E-state index in [0.717, 1.165) is 10.6 Å². The van der Waals surface area contributed by atoms with Crippen molar-refractivity contribution in [3.05, 3.63) is 23.2 Å². The Hall–Kier alpha value is -0.970. The van der Waals surface area contributed by atoms with E-state index in [1.807, 2.05) is 20.2 Å². The van der Waals surface area contributed by atoms with Gasteiger partial charge >= 0.3 is 6.09 Å². The van der Waals surface area contributed by atoms with E-state index >= 15 is 0 Å². The summed E-state index contributed by atoms with van der Waals surface area (Å²) < 4.78 is 4.99. The Bertz CT molecular complexity index is 370. The average Bonchev–Trinajstić information content (AvgIpc) is 2.20. The average molecular weight is 265 g/mol. The molecule has 1 amide bonds. The van der Waals surface area contributed by atoms with Gasteiger partial charge in [-0.05, 0) is 6.07 Å². The molecule has 0 saturated heterocycles. The highest BCUT2D eigenvalue weighted by Crippen LogP contribution is 2.26. The van der Waals surface area contributed by atoms with Crippen molar-refractivity contribution in [3.8, 4) is 5.75 Å². The number of nitrogens with one attached hydrogen (secondary N) is 2. The predicted molar refractivity (Wildman–Crippen MR) is 59.0 cm³/mol. The standard InChI is InChI=1S/C10H13ClN2O2.ClH/c1-12-10(14)15-9-6-7(13(2)3)4-5-8(9)11;/h4-6H,1-3H3,(H,12,14);1H. The van der Waals surface area contributed by atoms with Crippen LogP contribution < -0.4 is 27.4 Å². The summed E-state index contributed by atoms with van der Waals surface area (Å²) >= 11 is 5.89. The van der Waals surface area contributed by atoms with E-state index < -0.39 is 6.09 Å². The zero-order valence-corrected chi connectivity index (χ0v) is 10.8. The van der Waals surface area contributed by atoms with Crippen LogP contribution in [-0.4, -0.2) is 27.2 Å². The Labute approximate surface area is 106 Å². The van der Waals surface area contributed by atoms with Crippen LogP contribution in [0.1, 0.15) is 0 Å². The number of ether oxygens (including phenoxy) is 1. The molecule has 1 aromatic carbocycles. The van der Waals surface area contributed by atoms with Crippen molar-refractivity contribution in [2.75, 3.05) is 21.1 Å². The van der Waals surface area contributed by atoms with Gasteiger partial charge in [0.25, 0.3) is 0 Å². The first-order valence-electron chi connectivity index (χ1n) is 4.54. The van der Waals surface area contributed by atoms with Gasteiger partial charge in [0.05, 0.1) is 19.1 Å². The molecule has 0 radical (unpaired) electrons. The van der Waals surface area contributed by atoms with Crippen molar-refractivity contribution in [1.29, 1.82) is 0 Å². The summed E-state index contributed by atoms with van der Waals surface area (Å²) in [6, 6.07) is 5.34. The van der Waals surface area contributed by atoms with Crippen molar-refractivity contribution < 1.29 is 26.8 Å². The Morgan fingerprint density at radius 1 is 1.44 bits per heavy atom. The van der Waals surface area contributed by atoms with Gasteiger partial charge in [0.15, 0.2) is 5.75 Å². The third-order valence-electron chi connectivity index (χ3n) is 1.92. The van der Waals surface area contributed by atoms with Crippen LogP contribution in [0, 0.1) is 0 Å². The fourth-order valence-electron chi connectivity index (χ4n) is 1.04. The summed E-state index contributed by atoms with van der Waals surface area (Å²) in [5, 5.41) is 2.78. The summed E-state index contributed by atoms with van der Waals surface area (Å²) in [5.41, 5.74) is 0.998. The van der Waals surface area contributed by atoms with Gasteiger partial charge in [-0.25, -0.2) is 4.79 Å². The summed E-state index contributed by atoms with van der Waals surface area (Å²) in [6.07, 6.45) is -0.525. The molecule has 6 heteroatoms. The summed E-state index contributed by atoms with van der Waals surface area (Å²) in [7, 11) is 5.46. The molecule has 1 rings (SSSR count). The van der Waals surface area contributed by atoms with Crippen molar-refractivity contribution >= 4 is 23.4 Å². The zero-order valence-electron chi connectivity index (χ0n) is 9.30. The SMILES string of the molecule is CNC(=O)Oc1cc([NH+](C)C)ccc1Cl.[Cl-]. The molecule has 2 N–H and O–H groups in total. The number of carbonyl (C=O) groups excluding carboxylic acids is 1. The van der Waals surface area contributed by atoms with Gasteiger partial charge in [-0.15, -0.1) is 0 Å². The van der Waals surface area contributed by atoms with Crippen molar-refractivity contribution in [2.24, 2.45) is 0 Å². The lowest BCUT2D eigenvalue weighted by molar-refractivity contribution is -0.786. The highest BCUT2D eigenvalue weighted by molar-refractivity contribution is 6.32. The van der Waals surface area contributed by atoms with Gasteiger partial charge in [0, 0.05) is 19.2 Å². The Balaban J connectivity index is 0.00000225. The van der Waals surface area contributed by atoms with Crippen LogP contribution in [-0.2, 0) is 0 Å². The van der Waals surface area contributed by atoms with E-state index in [9.17, 15) is 4.79 Å². The minimum atomic E-state index is -0.525. The third kappa shape index (κ3) is 3.89. The molecule has 0 spiro atoms. The minimum Gasteiger partial charge on any atom is -1.00 e. The lowest BCUT2D eigenvalue weighted by atomic mass is 10.3. The van der Waals surface area contributed by atoms with Crippen LogP contribution in [0.15, 0.2) is 18.2 Å². The predicted octanol–water partition coefficient (Wildman–Crippen LogP) is -2.16. The van der Waals surface area contributed by atoms with Gasteiger partial charge in [-0.2, -0.15) is 0 Å². The molecule has 90 valence electrons. The smallest absolute Gasteiger partial charge is 0.412 e. The normalized spacial score (nSPS) is 9.56. The maximum atomic E-state index is 11.0. The van der Waals surface area contributed by atoms with Gasteiger partial charge < -0.3 is 27.4 Å². The van der Waals surface area contributed by atoms with E-state index in [4.69, 9.17) is 16.3 Å². The fourth-order valence-corrected chi connectivity index (χ4v) is 1.20. The molecule has 0 aromatic heterocycles. The summed E-state index contributed by atoms with van der Waals surface area (Å²) in [5.74, 6) is 0.370. The first kappa shape index (κ1) is 15.0. The number of rotatable bonds is 2. The zero-order chi connectivity index (χ0) is 11.4. The molecule has 0 atom stereocenters. The molecule has 4 nitrogen and oxygen atoms in total. The molecule has 0 aliphatic carbocycles. The number of quaternary nitrogens is 1. The van der Waals surface area contributed by atoms with Crippen LogP contribution in [0.5, 0.6) is 5.75 Å². The second-order valence-electron chi connectivity index (χ2n) is 3.28. The Morgan fingerprint density at radius 3 is 2.56 bits per heavy atom. The number of halogens is 2. The molecule has 0 fully saturated rings. The maximum Gasteiger partial charge on any atom is 0.412 e. The number of benzene rings is 1. The summed E-state index contributed by atoms with van der Waals surface area (Å²) in [4.78, 5) is 12.1. The van der Waals surface area contributed by atoms with Crippen molar-refractivity contribution in [1.82, 2.24) is 5.32 Å². The Morgan fingerprint density at radius 2 is 2.06 bits per heavy atom. The number of amides is 1. The van der Waals surface area contributed by atoms with Crippen molar-refractivity contribution in [3.63, 3.8) is 0 Å². The monoisotopic (exact) mass is 264 g/mol. The molecule has 0 bridgehead atoms. The number of hydrogen-bond acceptors (Lipinski definition) is 2. The first-order valence-corrected chi connectivity index (χ1v) is 4.92. The van der Waals surface area contributed by atoms with Crippen LogP contribution in [0.3, 0.4) is 0 Å². The molecule has 0 aliphatic heterocycles. The molecule has 0 heterocycles. The highest BCUT2D eigenvalue weighted by atomic mass is 35.5. The van der Waals surface area contributed by atoms with E-state index in [2.05, 4.69) is 5.32 Å². The van der Waals surface area contributed by atoms with Crippen molar-refractivity contribution in [2.45, 2.75) is 0 Å². The van der Waals surface area contributed by atoms with Crippen LogP contribution in [0.25, 0.3) is 0 Å².